The Bertz CT molecular complexity index is 809. The van der Waals surface area contributed by atoms with E-state index in [1.165, 1.54) is 6.08 Å². The van der Waals surface area contributed by atoms with E-state index >= 15 is 0 Å². The number of aldehydes is 1. The molecule has 6 unspecified atom stereocenters. The Morgan fingerprint density at radius 1 is 1.10 bits per heavy atom. The van der Waals surface area contributed by atoms with Gasteiger partial charge < -0.3 is 30.0 Å². The highest BCUT2D eigenvalue weighted by molar-refractivity contribution is 5.85. The van der Waals surface area contributed by atoms with Crippen molar-refractivity contribution in [2.75, 3.05) is 6.61 Å². The van der Waals surface area contributed by atoms with Crippen LogP contribution in [0.3, 0.4) is 0 Å². The van der Waals surface area contributed by atoms with Crippen LogP contribution in [0.25, 0.3) is 0 Å². The van der Waals surface area contributed by atoms with Crippen molar-refractivity contribution in [3.05, 3.63) is 11.6 Å². The first kappa shape index (κ1) is 20.6. The van der Waals surface area contributed by atoms with Crippen LogP contribution in [0.1, 0.15) is 58.3 Å². The van der Waals surface area contributed by atoms with Gasteiger partial charge in [-0.1, -0.05) is 6.92 Å². The zero-order valence-electron chi connectivity index (χ0n) is 17.4. The second-order valence-electron chi connectivity index (χ2n) is 10.8. The van der Waals surface area contributed by atoms with Crippen LogP contribution >= 0.6 is 0 Å². The lowest BCUT2D eigenvalue weighted by molar-refractivity contribution is -0.263. The first-order valence-electron chi connectivity index (χ1n) is 11.3. The third-order valence-corrected chi connectivity index (χ3v) is 9.88. The summed E-state index contributed by atoms with van der Waals surface area (Å²) in [5, 5.41) is 44.9. The minimum atomic E-state index is -1.40. The molecular weight excluding hydrogens is 388 g/mol. The van der Waals surface area contributed by atoms with Gasteiger partial charge in [-0.05, 0) is 68.3 Å². The van der Waals surface area contributed by atoms with Crippen molar-refractivity contribution in [1.82, 2.24) is 0 Å². The molecule has 1 aliphatic heterocycles. The zero-order valence-corrected chi connectivity index (χ0v) is 17.4. The number of cyclic esters (lactones) is 1. The molecule has 7 nitrogen and oxygen atoms in total. The zero-order chi connectivity index (χ0) is 21.5. The molecule has 5 rings (SSSR count). The molecule has 0 bridgehead atoms. The number of carbonyl (C=O) groups is 2. The van der Waals surface area contributed by atoms with Gasteiger partial charge in [-0.15, -0.1) is 0 Å². The fraction of sp³-hybridized carbons (Fsp3) is 0.826. The van der Waals surface area contributed by atoms with Crippen LogP contribution in [0.15, 0.2) is 11.6 Å². The van der Waals surface area contributed by atoms with Crippen LogP contribution in [0, 0.1) is 28.6 Å². The van der Waals surface area contributed by atoms with Crippen molar-refractivity contribution in [3.63, 3.8) is 0 Å². The third kappa shape index (κ3) is 2.30. The normalized spacial score (nSPS) is 55.2. The molecule has 7 heteroatoms. The van der Waals surface area contributed by atoms with Gasteiger partial charge >= 0.3 is 5.97 Å². The van der Waals surface area contributed by atoms with E-state index in [0.717, 1.165) is 11.9 Å². The van der Waals surface area contributed by atoms with Crippen LogP contribution in [0.5, 0.6) is 0 Å². The highest BCUT2D eigenvalue weighted by Gasteiger charge is 2.73. The van der Waals surface area contributed by atoms with Gasteiger partial charge in [0.2, 0.25) is 0 Å². The van der Waals surface area contributed by atoms with Crippen molar-refractivity contribution < 1.29 is 34.8 Å². The second kappa shape index (κ2) is 6.37. The van der Waals surface area contributed by atoms with Crippen LogP contribution < -0.4 is 0 Å². The molecule has 30 heavy (non-hydrogen) atoms. The van der Waals surface area contributed by atoms with Gasteiger partial charge in [0.25, 0.3) is 0 Å². The minimum Gasteiger partial charge on any atom is -0.458 e. The maximum Gasteiger partial charge on any atom is 0.331 e. The first-order valence-corrected chi connectivity index (χ1v) is 11.3. The summed E-state index contributed by atoms with van der Waals surface area (Å²) >= 11 is 0. The summed E-state index contributed by atoms with van der Waals surface area (Å²) in [5.74, 6) is -1.11. The molecular formula is C23H32O7. The molecule has 0 aromatic heterocycles. The topological polar surface area (TPSA) is 124 Å². The lowest BCUT2D eigenvalue weighted by atomic mass is 9.41. The number of aliphatic hydroxyl groups excluding tert-OH is 2. The summed E-state index contributed by atoms with van der Waals surface area (Å²) in [7, 11) is 0. The van der Waals surface area contributed by atoms with Gasteiger partial charge in [-0.25, -0.2) is 4.79 Å². The van der Waals surface area contributed by atoms with Gasteiger partial charge in [0.05, 0.1) is 28.8 Å². The standard InChI is InChI=1S/C23H32O7/c1-20-5-3-15-16(4-7-22(28)10-14(25)2-6-21(15,22)12-24)23(20,29)18(26)9-17(20)13-8-19(27)30-11-13/h8,12,14-18,25-26,28-29H,2-7,9-11H2,1H3/t14?,15-,16+,17-,18?,20?,21?,22?,23?/m0/s1. The number of hydrogen-bond donors (Lipinski definition) is 4. The molecule has 0 aromatic carbocycles. The average molecular weight is 421 g/mol. The number of rotatable bonds is 2. The van der Waals surface area contributed by atoms with E-state index in [1.54, 1.807) is 0 Å². The van der Waals surface area contributed by atoms with Crippen LogP contribution in [-0.4, -0.2) is 62.7 Å². The summed E-state index contributed by atoms with van der Waals surface area (Å²) in [6.07, 6.45) is 4.24. The summed E-state index contributed by atoms with van der Waals surface area (Å²) in [4.78, 5) is 24.2. The molecule has 0 aromatic rings. The summed E-state index contributed by atoms with van der Waals surface area (Å²) in [6.45, 7) is 2.19. The van der Waals surface area contributed by atoms with E-state index < -0.39 is 34.2 Å². The van der Waals surface area contributed by atoms with Gasteiger partial charge in [0.15, 0.2) is 0 Å². The van der Waals surface area contributed by atoms with E-state index in [9.17, 15) is 30.0 Å². The molecule has 1 heterocycles. The number of aliphatic hydroxyl groups is 4. The van der Waals surface area contributed by atoms with Crippen molar-refractivity contribution in [1.29, 1.82) is 0 Å². The van der Waals surface area contributed by atoms with Crippen molar-refractivity contribution in [2.45, 2.75) is 81.7 Å². The summed E-state index contributed by atoms with van der Waals surface area (Å²) in [5.41, 5.74) is -3.49. The minimum absolute atomic E-state index is 0.161. The lowest BCUT2D eigenvalue weighted by Gasteiger charge is -2.65. The van der Waals surface area contributed by atoms with Crippen molar-refractivity contribution in [2.24, 2.45) is 28.6 Å². The van der Waals surface area contributed by atoms with E-state index in [-0.39, 0.29) is 36.8 Å². The van der Waals surface area contributed by atoms with Gasteiger partial charge in [-0.3, -0.25) is 0 Å². The molecule has 166 valence electrons. The summed E-state index contributed by atoms with van der Waals surface area (Å²) in [6, 6.07) is 0. The predicted molar refractivity (Wildman–Crippen MR) is 105 cm³/mol. The number of ether oxygens (including phenoxy) is 1. The first-order chi connectivity index (χ1) is 14.1. The molecule has 5 aliphatic rings. The Morgan fingerprint density at radius 3 is 2.50 bits per heavy atom. The fourth-order valence-corrected chi connectivity index (χ4v) is 8.36. The van der Waals surface area contributed by atoms with Crippen molar-refractivity contribution >= 4 is 12.3 Å². The SMILES string of the molecule is CC12CC[C@H]3[C@@H](CCC4(O)CC(O)CCC34C=O)C1(O)C(O)C[C@H]2C1=CC(=O)OC1. The molecule has 4 aliphatic carbocycles. The molecule has 4 fully saturated rings. The molecule has 4 saturated carbocycles. The molecule has 0 radical (unpaired) electrons. The largest absolute Gasteiger partial charge is 0.458 e. The van der Waals surface area contributed by atoms with E-state index in [1.807, 2.05) is 6.92 Å². The lowest BCUT2D eigenvalue weighted by Crippen LogP contribution is -2.70. The summed E-state index contributed by atoms with van der Waals surface area (Å²) < 4.78 is 5.11. The van der Waals surface area contributed by atoms with Crippen LogP contribution in [0.2, 0.25) is 0 Å². The smallest absolute Gasteiger partial charge is 0.331 e. The molecule has 9 atom stereocenters. The van der Waals surface area contributed by atoms with E-state index in [4.69, 9.17) is 4.74 Å². The highest BCUT2D eigenvalue weighted by atomic mass is 16.5. The van der Waals surface area contributed by atoms with Crippen LogP contribution in [-0.2, 0) is 14.3 Å². The molecule has 0 spiro atoms. The third-order valence-electron chi connectivity index (χ3n) is 9.88. The highest BCUT2D eigenvalue weighted by Crippen LogP contribution is 2.70. The van der Waals surface area contributed by atoms with Gasteiger partial charge in [0.1, 0.15) is 12.9 Å². The van der Waals surface area contributed by atoms with E-state index in [0.29, 0.717) is 44.9 Å². The Morgan fingerprint density at radius 2 is 1.83 bits per heavy atom. The predicted octanol–water partition coefficient (Wildman–Crippen LogP) is 0.869. The molecule has 0 amide bonds. The number of carbonyl (C=O) groups excluding carboxylic acids is 2. The Kier molecular flexibility index (Phi) is 4.38. The number of fused-ring (bicyclic) bond motifs is 5. The Hall–Kier alpha value is -1.28. The van der Waals surface area contributed by atoms with Crippen molar-refractivity contribution in [3.8, 4) is 0 Å². The number of esters is 1. The monoisotopic (exact) mass is 420 g/mol. The molecule has 4 N–H and O–H groups in total. The quantitative estimate of drug-likeness (QED) is 0.386. The maximum absolute atomic E-state index is 12.5. The van der Waals surface area contributed by atoms with E-state index in [2.05, 4.69) is 0 Å². The van der Waals surface area contributed by atoms with Crippen LogP contribution in [0.4, 0.5) is 0 Å². The number of hydrogen-bond acceptors (Lipinski definition) is 7. The maximum atomic E-state index is 12.5. The fourth-order valence-electron chi connectivity index (χ4n) is 8.36. The Labute approximate surface area is 176 Å². The Balaban J connectivity index is 1.55. The molecule has 0 saturated heterocycles. The average Bonchev–Trinajstić information content (AvgIpc) is 3.21. The van der Waals surface area contributed by atoms with Gasteiger partial charge in [-0.2, -0.15) is 0 Å². The second-order valence-corrected chi connectivity index (χ2v) is 10.8. The van der Waals surface area contributed by atoms with Gasteiger partial charge in [0, 0.05) is 17.9 Å².